The van der Waals surface area contributed by atoms with Crippen LogP contribution in [0.15, 0.2) is 73.8 Å². The van der Waals surface area contributed by atoms with Gasteiger partial charge in [0.15, 0.2) is 0 Å². The predicted molar refractivity (Wildman–Crippen MR) is 105 cm³/mol. The van der Waals surface area contributed by atoms with Crippen LogP contribution < -0.4 is 0 Å². The van der Waals surface area contributed by atoms with E-state index >= 15 is 0 Å². The van der Waals surface area contributed by atoms with Crippen LogP contribution in [0.5, 0.6) is 0 Å². The minimum Gasteiger partial charge on any atom is -0.103 e. The quantitative estimate of drug-likeness (QED) is 0.313. The standard InChI is InChI=1S/C24H26/c1-3-5-7-9-21-11-15-23(16-12-21)19-20-24-17-13-22(14-18-24)10-8-6-4-2/h3-4,11-18H,1-2,5-10H2. The summed E-state index contributed by atoms with van der Waals surface area (Å²) < 4.78 is 0. The zero-order chi connectivity index (χ0) is 17.0. The van der Waals surface area contributed by atoms with Gasteiger partial charge in [-0.1, -0.05) is 48.3 Å². The Morgan fingerprint density at radius 2 is 1.00 bits per heavy atom. The van der Waals surface area contributed by atoms with Crippen molar-refractivity contribution in [2.45, 2.75) is 38.5 Å². The van der Waals surface area contributed by atoms with Gasteiger partial charge in [0.1, 0.15) is 0 Å². The van der Waals surface area contributed by atoms with Gasteiger partial charge in [0.2, 0.25) is 0 Å². The molecule has 122 valence electrons. The molecule has 0 unspecified atom stereocenters. The molecule has 2 aromatic carbocycles. The molecule has 0 spiro atoms. The van der Waals surface area contributed by atoms with Crippen molar-refractivity contribution in [3.63, 3.8) is 0 Å². The van der Waals surface area contributed by atoms with Gasteiger partial charge in [-0.3, -0.25) is 0 Å². The van der Waals surface area contributed by atoms with E-state index in [0.29, 0.717) is 0 Å². The second kappa shape index (κ2) is 10.3. The molecule has 0 amide bonds. The molecule has 0 saturated heterocycles. The van der Waals surface area contributed by atoms with Crippen molar-refractivity contribution in [1.29, 1.82) is 0 Å². The second-order valence-electron chi connectivity index (χ2n) is 6.01. The minimum atomic E-state index is 1.07. The smallest absolute Gasteiger partial charge is 0.0249 e. The van der Waals surface area contributed by atoms with Crippen molar-refractivity contribution in [2.75, 3.05) is 0 Å². The van der Waals surface area contributed by atoms with Crippen LogP contribution in [0.2, 0.25) is 0 Å². The molecule has 0 heterocycles. The van der Waals surface area contributed by atoms with E-state index in [0.717, 1.165) is 49.7 Å². The van der Waals surface area contributed by atoms with Gasteiger partial charge in [-0.15, -0.1) is 13.2 Å². The SMILES string of the molecule is C=CCCCc1ccc(C#Cc2ccc(CCCC=C)cc2)cc1. The summed E-state index contributed by atoms with van der Waals surface area (Å²) in [6, 6.07) is 17.1. The summed E-state index contributed by atoms with van der Waals surface area (Å²) in [6.07, 6.45) is 10.6. The first-order valence-electron chi connectivity index (χ1n) is 8.73. The summed E-state index contributed by atoms with van der Waals surface area (Å²) in [5.74, 6) is 6.50. The summed E-state index contributed by atoms with van der Waals surface area (Å²) >= 11 is 0. The number of hydrogen-bond acceptors (Lipinski definition) is 0. The molecule has 2 rings (SSSR count). The van der Waals surface area contributed by atoms with Crippen LogP contribution in [0.3, 0.4) is 0 Å². The lowest BCUT2D eigenvalue weighted by Crippen LogP contribution is -1.86. The fourth-order valence-electron chi connectivity index (χ4n) is 2.55. The molecule has 0 aromatic heterocycles. The van der Waals surface area contributed by atoms with Crippen LogP contribution in [-0.2, 0) is 12.8 Å². The average molecular weight is 314 g/mol. The van der Waals surface area contributed by atoms with E-state index in [4.69, 9.17) is 0 Å². The molecule has 0 heteroatoms. The molecule has 0 aliphatic rings. The van der Waals surface area contributed by atoms with Crippen molar-refractivity contribution < 1.29 is 0 Å². The van der Waals surface area contributed by atoms with Crippen LogP contribution in [0.1, 0.15) is 47.9 Å². The highest BCUT2D eigenvalue weighted by Gasteiger charge is 1.94. The Morgan fingerprint density at radius 3 is 1.33 bits per heavy atom. The summed E-state index contributed by atoms with van der Waals surface area (Å²) in [4.78, 5) is 0. The molecule has 0 fully saturated rings. The molecule has 2 aromatic rings. The number of benzene rings is 2. The molecule has 0 radical (unpaired) electrons. The van der Waals surface area contributed by atoms with Crippen molar-refractivity contribution in [1.82, 2.24) is 0 Å². The topological polar surface area (TPSA) is 0 Å². The Morgan fingerprint density at radius 1 is 0.625 bits per heavy atom. The van der Waals surface area contributed by atoms with Crippen LogP contribution in [0.25, 0.3) is 0 Å². The molecule has 0 N–H and O–H groups in total. The van der Waals surface area contributed by atoms with Crippen molar-refractivity contribution in [3.8, 4) is 11.8 Å². The number of aryl methyl sites for hydroxylation is 2. The van der Waals surface area contributed by atoms with Gasteiger partial charge in [-0.2, -0.15) is 0 Å². The maximum Gasteiger partial charge on any atom is 0.0249 e. The number of unbranched alkanes of at least 4 members (excludes halogenated alkanes) is 2. The molecule has 0 nitrogen and oxygen atoms in total. The molecule has 0 bridgehead atoms. The van der Waals surface area contributed by atoms with E-state index in [1.807, 2.05) is 12.2 Å². The first-order chi connectivity index (χ1) is 11.8. The third-order valence-corrected chi connectivity index (χ3v) is 4.01. The Kier molecular flexibility index (Phi) is 7.64. The van der Waals surface area contributed by atoms with E-state index in [-0.39, 0.29) is 0 Å². The second-order valence-corrected chi connectivity index (χ2v) is 6.01. The molecule has 0 aliphatic carbocycles. The monoisotopic (exact) mass is 314 g/mol. The van der Waals surface area contributed by atoms with E-state index < -0.39 is 0 Å². The lowest BCUT2D eigenvalue weighted by Gasteiger charge is -2.00. The van der Waals surface area contributed by atoms with E-state index in [9.17, 15) is 0 Å². The zero-order valence-corrected chi connectivity index (χ0v) is 14.4. The maximum absolute atomic E-state index is 3.76. The van der Waals surface area contributed by atoms with Gasteiger partial charge in [-0.25, -0.2) is 0 Å². The highest BCUT2D eigenvalue weighted by molar-refractivity contribution is 5.44. The van der Waals surface area contributed by atoms with Gasteiger partial charge in [-0.05, 0) is 73.9 Å². The van der Waals surface area contributed by atoms with Gasteiger partial charge in [0, 0.05) is 11.1 Å². The van der Waals surface area contributed by atoms with E-state index in [1.165, 1.54) is 11.1 Å². The third-order valence-electron chi connectivity index (χ3n) is 4.01. The average Bonchev–Trinajstić information content (AvgIpc) is 2.63. The summed E-state index contributed by atoms with van der Waals surface area (Å²) in [6.45, 7) is 7.52. The van der Waals surface area contributed by atoms with Crippen LogP contribution >= 0.6 is 0 Å². The van der Waals surface area contributed by atoms with Crippen LogP contribution in [-0.4, -0.2) is 0 Å². The summed E-state index contributed by atoms with van der Waals surface area (Å²) in [7, 11) is 0. The van der Waals surface area contributed by atoms with Crippen molar-refractivity contribution in [2.24, 2.45) is 0 Å². The number of hydrogen-bond donors (Lipinski definition) is 0. The Labute approximate surface area is 146 Å². The predicted octanol–water partition coefficient (Wildman–Crippen LogP) is 6.10. The first-order valence-corrected chi connectivity index (χ1v) is 8.73. The van der Waals surface area contributed by atoms with E-state index in [1.54, 1.807) is 0 Å². The lowest BCUT2D eigenvalue weighted by atomic mass is 10.0. The lowest BCUT2D eigenvalue weighted by molar-refractivity contribution is 0.844. The zero-order valence-electron chi connectivity index (χ0n) is 14.4. The van der Waals surface area contributed by atoms with Crippen LogP contribution in [0, 0.1) is 11.8 Å². The Bertz CT molecular complexity index is 629. The van der Waals surface area contributed by atoms with Crippen molar-refractivity contribution in [3.05, 3.63) is 96.1 Å². The Hall–Kier alpha value is -2.52. The highest BCUT2D eigenvalue weighted by Crippen LogP contribution is 2.09. The minimum absolute atomic E-state index is 1.07. The molecule has 0 aliphatic heterocycles. The third kappa shape index (κ3) is 6.31. The maximum atomic E-state index is 3.76. The van der Waals surface area contributed by atoms with Crippen LogP contribution in [0.4, 0.5) is 0 Å². The summed E-state index contributed by atoms with van der Waals surface area (Å²) in [5, 5.41) is 0. The van der Waals surface area contributed by atoms with Gasteiger partial charge in [0.05, 0.1) is 0 Å². The first kappa shape index (κ1) is 17.8. The fourth-order valence-corrected chi connectivity index (χ4v) is 2.55. The molecular weight excluding hydrogens is 288 g/mol. The van der Waals surface area contributed by atoms with Crippen molar-refractivity contribution >= 4 is 0 Å². The molecule has 0 atom stereocenters. The van der Waals surface area contributed by atoms with Gasteiger partial charge >= 0.3 is 0 Å². The van der Waals surface area contributed by atoms with E-state index in [2.05, 4.69) is 73.5 Å². The Balaban J connectivity index is 1.91. The molecular formula is C24H26. The largest absolute Gasteiger partial charge is 0.103 e. The van der Waals surface area contributed by atoms with Gasteiger partial charge in [0.25, 0.3) is 0 Å². The molecule has 0 saturated carbocycles. The van der Waals surface area contributed by atoms with Gasteiger partial charge < -0.3 is 0 Å². The highest BCUT2D eigenvalue weighted by atomic mass is 14.0. The normalized spacial score (nSPS) is 9.83. The fraction of sp³-hybridized carbons (Fsp3) is 0.250. The molecule has 24 heavy (non-hydrogen) atoms. The number of allylic oxidation sites excluding steroid dienone is 2. The summed E-state index contributed by atoms with van der Waals surface area (Å²) in [5.41, 5.74) is 4.87. The number of rotatable bonds is 8.